The molecule has 3 amide bonds. The number of nitrogens with one attached hydrogen (secondary N) is 1. The van der Waals surface area contributed by atoms with Gasteiger partial charge in [-0.15, -0.1) is 0 Å². The Hall–Kier alpha value is -2.83. The van der Waals surface area contributed by atoms with Crippen LogP contribution < -0.4 is 5.32 Å². The quantitative estimate of drug-likeness (QED) is 0.901. The van der Waals surface area contributed by atoms with Crippen LogP contribution in [-0.2, 0) is 11.3 Å². The Labute approximate surface area is 159 Å². The summed E-state index contributed by atoms with van der Waals surface area (Å²) in [4.78, 5) is 28.5. The summed E-state index contributed by atoms with van der Waals surface area (Å²) in [7, 11) is 0. The topological polar surface area (TPSA) is 70.5 Å². The zero-order valence-corrected chi connectivity index (χ0v) is 16.4. The lowest BCUT2D eigenvalue weighted by Crippen LogP contribution is -2.53. The van der Waals surface area contributed by atoms with Crippen molar-refractivity contribution in [3.05, 3.63) is 47.2 Å². The molecule has 1 aromatic carbocycles. The van der Waals surface area contributed by atoms with E-state index in [9.17, 15) is 9.59 Å². The van der Waals surface area contributed by atoms with Crippen LogP contribution in [0.3, 0.4) is 0 Å². The van der Waals surface area contributed by atoms with Crippen LogP contribution in [0.1, 0.15) is 36.7 Å². The SMILES string of the molecule is Cc1ccc(CN2CCN(C(=O)Nc3cc(C)nn3C(C)C)CC2=O)cc1. The molecule has 2 heterocycles. The highest BCUT2D eigenvalue weighted by Gasteiger charge is 2.27. The van der Waals surface area contributed by atoms with Crippen LogP contribution in [0.25, 0.3) is 0 Å². The maximum atomic E-state index is 12.6. The molecule has 0 bridgehead atoms. The first-order valence-corrected chi connectivity index (χ1v) is 9.29. The fourth-order valence-electron chi connectivity index (χ4n) is 3.16. The predicted octanol–water partition coefficient (Wildman–Crippen LogP) is 2.96. The van der Waals surface area contributed by atoms with Gasteiger partial charge in [-0.2, -0.15) is 5.10 Å². The van der Waals surface area contributed by atoms with Gasteiger partial charge in [-0.25, -0.2) is 9.48 Å². The summed E-state index contributed by atoms with van der Waals surface area (Å²) in [5, 5.41) is 7.29. The number of hydrogen-bond acceptors (Lipinski definition) is 3. The third-order valence-electron chi connectivity index (χ3n) is 4.68. The molecule has 27 heavy (non-hydrogen) atoms. The van der Waals surface area contributed by atoms with E-state index in [1.165, 1.54) is 5.56 Å². The van der Waals surface area contributed by atoms with Gasteiger partial charge in [-0.05, 0) is 33.3 Å². The number of anilines is 1. The number of rotatable bonds is 4. The summed E-state index contributed by atoms with van der Waals surface area (Å²) in [5.74, 6) is 0.618. The summed E-state index contributed by atoms with van der Waals surface area (Å²) in [6, 6.07) is 9.89. The van der Waals surface area contributed by atoms with E-state index in [1.807, 2.05) is 58.0 Å². The lowest BCUT2D eigenvalue weighted by Gasteiger charge is -2.34. The van der Waals surface area contributed by atoms with E-state index in [-0.39, 0.29) is 24.5 Å². The molecule has 0 atom stereocenters. The third-order valence-corrected chi connectivity index (χ3v) is 4.68. The molecule has 0 radical (unpaired) electrons. The lowest BCUT2D eigenvalue weighted by molar-refractivity contribution is -0.135. The predicted molar refractivity (Wildman–Crippen MR) is 105 cm³/mol. The number of amides is 3. The number of aryl methyl sites for hydroxylation is 2. The first-order valence-electron chi connectivity index (χ1n) is 9.29. The summed E-state index contributed by atoms with van der Waals surface area (Å²) in [6.07, 6.45) is 0. The van der Waals surface area contributed by atoms with Gasteiger partial charge in [0.15, 0.2) is 0 Å². The van der Waals surface area contributed by atoms with Gasteiger partial charge in [-0.3, -0.25) is 10.1 Å². The van der Waals surface area contributed by atoms with Gasteiger partial charge in [-0.1, -0.05) is 29.8 Å². The van der Waals surface area contributed by atoms with E-state index in [4.69, 9.17) is 0 Å². The first kappa shape index (κ1) is 18.9. The highest BCUT2D eigenvalue weighted by Crippen LogP contribution is 2.17. The van der Waals surface area contributed by atoms with Crippen molar-refractivity contribution in [2.45, 2.75) is 40.3 Å². The number of carbonyl (C=O) groups is 2. The summed E-state index contributed by atoms with van der Waals surface area (Å²) >= 11 is 0. The smallest absolute Gasteiger partial charge is 0.323 e. The molecular formula is C20H27N5O2. The van der Waals surface area contributed by atoms with Crippen molar-refractivity contribution < 1.29 is 9.59 Å². The molecule has 1 saturated heterocycles. The molecule has 144 valence electrons. The number of urea groups is 1. The van der Waals surface area contributed by atoms with Crippen LogP contribution in [0, 0.1) is 13.8 Å². The first-order chi connectivity index (χ1) is 12.8. The van der Waals surface area contributed by atoms with Crippen molar-refractivity contribution in [1.82, 2.24) is 19.6 Å². The minimum atomic E-state index is -0.264. The van der Waals surface area contributed by atoms with Crippen molar-refractivity contribution >= 4 is 17.8 Å². The van der Waals surface area contributed by atoms with E-state index in [0.717, 1.165) is 11.3 Å². The number of aromatic nitrogens is 2. The Bertz CT molecular complexity index is 825. The average molecular weight is 369 g/mol. The molecule has 0 saturated carbocycles. The molecular weight excluding hydrogens is 342 g/mol. The molecule has 1 fully saturated rings. The monoisotopic (exact) mass is 369 g/mol. The fraction of sp³-hybridized carbons (Fsp3) is 0.450. The van der Waals surface area contributed by atoms with Gasteiger partial charge in [0.2, 0.25) is 5.91 Å². The molecule has 3 rings (SSSR count). The van der Waals surface area contributed by atoms with Crippen molar-refractivity contribution in [1.29, 1.82) is 0 Å². The minimum Gasteiger partial charge on any atom is -0.335 e. The molecule has 0 spiro atoms. The Morgan fingerprint density at radius 3 is 2.52 bits per heavy atom. The second-order valence-corrected chi connectivity index (χ2v) is 7.36. The van der Waals surface area contributed by atoms with E-state index >= 15 is 0 Å². The second kappa shape index (κ2) is 7.82. The zero-order valence-electron chi connectivity index (χ0n) is 16.4. The molecule has 7 nitrogen and oxygen atoms in total. The third kappa shape index (κ3) is 4.48. The van der Waals surface area contributed by atoms with Gasteiger partial charge in [0.25, 0.3) is 0 Å². The van der Waals surface area contributed by atoms with E-state index in [0.29, 0.717) is 25.5 Å². The summed E-state index contributed by atoms with van der Waals surface area (Å²) in [6.45, 7) is 9.66. The molecule has 1 N–H and O–H groups in total. The van der Waals surface area contributed by atoms with E-state index in [1.54, 1.807) is 14.5 Å². The normalized spacial score (nSPS) is 14.8. The number of benzene rings is 1. The fourth-order valence-corrected chi connectivity index (χ4v) is 3.16. The van der Waals surface area contributed by atoms with E-state index in [2.05, 4.69) is 10.4 Å². The van der Waals surface area contributed by atoms with Gasteiger partial charge >= 0.3 is 6.03 Å². The van der Waals surface area contributed by atoms with Crippen molar-refractivity contribution in [3.8, 4) is 0 Å². The molecule has 7 heteroatoms. The van der Waals surface area contributed by atoms with Crippen LogP contribution in [0.15, 0.2) is 30.3 Å². The number of carbonyl (C=O) groups excluding carboxylic acids is 2. The summed E-state index contributed by atoms with van der Waals surface area (Å²) in [5.41, 5.74) is 3.14. The maximum Gasteiger partial charge on any atom is 0.323 e. The number of hydrogen-bond donors (Lipinski definition) is 1. The second-order valence-electron chi connectivity index (χ2n) is 7.36. The molecule has 0 aliphatic carbocycles. The largest absolute Gasteiger partial charge is 0.335 e. The molecule has 2 aromatic rings. The highest BCUT2D eigenvalue weighted by molar-refractivity contribution is 5.92. The van der Waals surface area contributed by atoms with Gasteiger partial charge < -0.3 is 9.80 Å². The van der Waals surface area contributed by atoms with Gasteiger partial charge in [0, 0.05) is 31.7 Å². The minimum absolute atomic E-state index is 0.0366. The van der Waals surface area contributed by atoms with Crippen molar-refractivity contribution in [2.24, 2.45) is 0 Å². The highest BCUT2D eigenvalue weighted by atomic mass is 16.2. The lowest BCUT2D eigenvalue weighted by atomic mass is 10.1. The Morgan fingerprint density at radius 2 is 1.89 bits per heavy atom. The van der Waals surface area contributed by atoms with Gasteiger partial charge in [0.1, 0.15) is 12.4 Å². The summed E-state index contributed by atoms with van der Waals surface area (Å²) < 4.78 is 1.78. The van der Waals surface area contributed by atoms with E-state index < -0.39 is 0 Å². The van der Waals surface area contributed by atoms with Crippen molar-refractivity contribution in [2.75, 3.05) is 25.0 Å². The van der Waals surface area contributed by atoms with Crippen LogP contribution in [0.4, 0.5) is 10.6 Å². The molecule has 0 unspecified atom stereocenters. The zero-order chi connectivity index (χ0) is 19.6. The Kier molecular flexibility index (Phi) is 5.48. The number of piperazine rings is 1. The average Bonchev–Trinajstić information content (AvgIpc) is 2.99. The van der Waals surface area contributed by atoms with Crippen molar-refractivity contribution in [3.63, 3.8) is 0 Å². The molecule has 1 aromatic heterocycles. The van der Waals surface area contributed by atoms with Crippen LogP contribution in [0.5, 0.6) is 0 Å². The number of nitrogens with zero attached hydrogens (tertiary/aromatic N) is 4. The molecule has 1 aliphatic heterocycles. The standard InChI is InChI=1S/C20H27N5O2/c1-14(2)25-18(11-16(4)22-25)21-20(27)24-10-9-23(19(26)13-24)12-17-7-5-15(3)6-8-17/h5-8,11,14H,9-10,12-13H2,1-4H3,(H,21,27). The van der Waals surface area contributed by atoms with Crippen LogP contribution in [0.2, 0.25) is 0 Å². The van der Waals surface area contributed by atoms with Crippen LogP contribution >= 0.6 is 0 Å². The maximum absolute atomic E-state index is 12.6. The Balaban J connectivity index is 1.59. The van der Waals surface area contributed by atoms with Gasteiger partial charge in [0.05, 0.1) is 5.69 Å². The molecule has 1 aliphatic rings. The Morgan fingerprint density at radius 1 is 1.19 bits per heavy atom. The van der Waals surface area contributed by atoms with Crippen LogP contribution in [-0.4, -0.2) is 51.2 Å².